The maximum atomic E-state index is 12.4. The van der Waals surface area contributed by atoms with Gasteiger partial charge in [0.05, 0.1) is 22.0 Å². The van der Waals surface area contributed by atoms with Crippen molar-refractivity contribution in [1.29, 1.82) is 0 Å². The molecule has 0 radical (unpaired) electrons. The summed E-state index contributed by atoms with van der Waals surface area (Å²) < 4.78 is 1.70. The minimum Gasteiger partial charge on any atom is -0.376 e. The van der Waals surface area contributed by atoms with E-state index in [0.717, 1.165) is 20.3 Å². The molecule has 21 heavy (non-hydrogen) atoms. The topological polar surface area (TPSA) is 32.3 Å². The maximum absolute atomic E-state index is 12.4. The van der Waals surface area contributed by atoms with Crippen LogP contribution >= 0.6 is 43.5 Å². The Kier molecular flexibility index (Phi) is 5.30. The van der Waals surface area contributed by atoms with Crippen molar-refractivity contribution >= 4 is 60.7 Å². The number of anilines is 2. The van der Waals surface area contributed by atoms with Gasteiger partial charge in [0.25, 0.3) is 5.91 Å². The molecule has 0 aliphatic carbocycles. The van der Waals surface area contributed by atoms with Crippen LogP contribution in [0.4, 0.5) is 11.4 Å². The third kappa shape index (κ3) is 3.99. The minimum atomic E-state index is -0.248. The molecule has 1 N–H and O–H groups in total. The highest BCUT2D eigenvalue weighted by Gasteiger charge is 2.14. The molecule has 2 aromatic carbocycles. The Labute approximate surface area is 145 Å². The predicted octanol–water partition coefficient (Wildman–Crippen LogP) is 5.18. The molecular weight excluding hydrogens is 419 g/mol. The predicted molar refractivity (Wildman–Crippen MR) is 95.6 cm³/mol. The van der Waals surface area contributed by atoms with Crippen LogP contribution in [0, 0.1) is 0 Å². The molecule has 0 heterocycles. The van der Waals surface area contributed by atoms with Crippen molar-refractivity contribution in [3.8, 4) is 0 Å². The second kappa shape index (κ2) is 6.81. The summed E-state index contributed by atoms with van der Waals surface area (Å²) in [5, 5.41) is 3.32. The van der Waals surface area contributed by atoms with Crippen molar-refractivity contribution in [3.63, 3.8) is 0 Å². The molecule has 0 saturated carbocycles. The second-order valence-corrected chi connectivity index (χ2v) is 6.87. The SMILES string of the molecule is CN(C)c1ccc(Br)cc1NC(=O)c1cc(Br)ccc1Cl. The van der Waals surface area contributed by atoms with Crippen LogP contribution in [0.1, 0.15) is 10.4 Å². The normalized spacial score (nSPS) is 10.3. The van der Waals surface area contributed by atoms with E-state index in [9.17, 15) is 4.79 Å². The number of rotatable bonds is 3. The molecule has 0 atom stereocenters. The van der Waals surface area contributed by atoms with E-state index in [1.54, 1.807) is 18.2 Å². The summed E-state index contributed by atoms with van der Waals surface area (Å²) in [7, 11) is 3.84. The van der Waals surface area contributed by atoms with Crippen molar-refractivity contribution in [3.05, 3.63) is 55.9 Å². The van der Waals surface area contributed by atoms with Crippen molar-refractivity contribution in [2.24, 2.45) is 0 Å². The lowest BCUT2D eigenvalue weighted by Gasteiger charge is -2.18. The van der Waals surface area contributed by atoms with Crippen LogP contribution in [0.15, 0.2) is 45.3 Å². The Bertz CT molecular complexity index is 689. The largest absolute Gasteiger partial charge is 0.376 e. The Morgan fingerprint density at radius 2 is 1.71 bits per heavy atom. The number of carbonyl (C=O) groups excluding carboxylic acids is 1. The van der Waals surface area contributed by atoms with E-state index in [1.807, 2.05) is 37.2 Å². The van der Waals surface area contributed by atoms with Gasteiger partial charge in [0, 0.05) is 23.0 Å². The van der Waals surface area contributed by atoms with Crippen LogP contribution in [-0.4, -0.2) is 20.0 Å². The molecular formula is C15H13Br2ClN2O. The molecule has 0 spiro atoms. The van der Waals surface area contributed by atoms with Gasteiger partial charge in [-0.05, 0) is 36.4 Å². The third-order valence-corrected chi connectivity index (χ3v) is 4.18. The van der Waals surface area contributed by atoms with Gasteiger partial charge in [-0.2, -0.15) is 0 Å². The van der Waals surface area contributed by atoms with Crippen molar-refractivity contribution < 1.29 is 4.79 Å². The van der Waals surface area contributed by atoms with Crippen LogP contribution < -0.4 is 10.2 Å². The summed E-state index contributed by atoms with van der Waals surface area (Å²) in [5.74, 6) is -0.248. The number of nitrogens with zero attached hydrogens (tertiary/aromatic N) is 1. The van der Waals surface area contributed by atoms with Crippen LogP contribution in [0.5, 0.6) is 0 Å². The number of halogens is 3. The van der Waals surface area contributed by atoms with Gasteiger partial charge in [0.2, 0.25) is 0 Å². The molecule has 0 aliphatic heterocycles. The molecule has 3 nitrogen and oxygen atoms in total. The highest BCUT2D eigenvalue weighted by atomic mass is 79.9. The fourth-order valence-electron chi connectivity index (χ4n) is 1.86. The molecule has 0 unspecified atom stereocenters. The molecule has 110 valence electrons. The van der Waals surface area contributed by atoms with Gasteiger partial charge in [-0.25, -0.2) is 0 Å². The highest BCUT2D eigenvalue weighted by molar-refractivity contribution is 9.10. The first-order chi connectivity index (χ1) is 9.88. The second-order valence-electron chi connectivity index (χ2n) is 4.63. The van der Waals surface area contributed by atoms with Crippen LogP contribution in [0.25, 0.3) is 0 Å². The highest BCUT2D eigenvalue weighted by Crippen LogP contribution is 2.29. The van der Waals surface area contributed by atoms with Crippen LogP contribution in [0.2, 0.25) is 5.02 Å². The molecule has 0 aliphatic rings. The molecule has 0 aromatic heterocycles. The van der Waals surface area contributed by atoms with E-state index in [2.05, 4.69) is 37.2 Å². The van der Waals surface area contributed by atoms with E-state index < -0.39 is 0 Å². The molecule has 0 bridgehead atoms. The third-order valence-electron chi connectivity index (χ3n) is 2.86. The van der Waals surface area contributed by atoms with Crippen LogP contribution in [0.3, 0.4) is 0 Å². The number of hydrogen-bond acceptors (Lipinski definition) is 2. The summed E-state index contributed by atoms with van der Waals surface area (Å²) >= 11 is 12.8. The lowest BCUT2D eigenvalue weighted by atomic mass is 10.2. The van der Waals surface area contributed by atoms with Gasteiger partial charge in [-0.3, -0.25) is 4.79 Å². The summed E-state index contributed by atoms with van der Waals surface area (Å²) in [4.78, 5) is 14.4. The molecule has 6 heteroatoms. The number of benzene rings is 2. The molecule has 2 rings (SSSR count). The van der Waals surface area contributed by atoms with E-state index >= 15 is 0 Å². The van der Waals surface area contributed by atoms with E-state index in [4.69, 9.17) is 11.6 Å². The van der Waals surface area contributed by atoms with Gasteiger partial charge in [-0.1, -0.05) is 43.5 Å². The molecule has 0 saturated heterocycles. The van der Waals surface area contributed by atoms with Crippen molar-refractivity contribution in [2.75, 3.05) is 24.3 Å². The Balaban J connectivity index is 2.35. The van der Waals surface area contributed by atoms with Crippen molar-refractivity contribution in [2.45, 2.75) is 0 Å². The summed E-state index contributed by atoms with van der Waals surface area (Å²) in [6, 6.07) is 10.9. The van der Waals surface area contributed by atoms with E-state index in [0.29, 0.717) is 10.6 Å². The molecule has 0 fully saturated rings. The number of carbonyl (C=O) groups is 1. The molecule has 2 aromatic rings. The van der Waals surface area contributed by atoms with Crippen molar-refractivity contribution in [1.82, 2.24) is 0 Å². The first kappa shape index (κ1) is 16.3. The average Bonchev–Trinajstić information content (AvgIpc) is 2.41. The monoisotopic (exact) mass is 430 g/mol. The minimum absolute atomic E-state index is 0.248. The molecule has 1 amide bonds. The van der Waals surface area contributed by atoms with Gasteiger partial charge in [0.1, 0.15) is 0 Å². The summed E-state index contributed by atoms with van der Waals surface area (Å²) in [6.45, 7) is 0. The fourth-order valence-corrected chi connectivity index (χ4v) is 2.79. The zero-order valence-corrected chi connectivity index (χ0v) is 15.4. The quantitative estimate of drug-likeness (QED) is 0.725. The van der Waals surface area contributed by atoms with Gasteiger partial charge < -0.3 is 10.2 Å². The lowest BCUT2D eigenvalue weighted by Crippen LogP contribution is -2.17. The Hall–Kier alpha value is -1.04. The maximum Gasteiger partial charge on any atom is 0.257 e. The van der Waals surface area contributed by atoms with Crippen LogP contribution in [-0.2, 0) is 0 Å². The van der Waals surface area contributed by atoms with Gasteiger partial charge in [-0.15, -0.1) is 0 Å². The summed E-state index contributed by atoms with van der Waals surface area (Å²) in [6.07, 6.45) is 0. The smallest absolute Gasteiger partial charge is 0.257 e. The standard InChI is InChI=1S/C15H13Br2ClN2O/c1-20(2)14-6-4-10(17)8-13(14)19-15(21)11-7-9(16)3-5-12(11)18/h3-8H,1-2H3,(H,19,21). The zero-order chi connectivity index (χ0) is 15.6. The summed E-state index contributed by atoms with van der Waals surface area (Å²) in [5.41, 5.74) is 2.06. The Morgan fingerprint density at radius 1 is 1.10 bits per heavy atom. The first-order valence-electron chi connectivity index (χ1n) is 6.12. The fraction of sp³-hybridized carbons (Fsp3) is 0.133. The number of hydrogen-bond donors (Lipinski definition) is 1. The first-order valence-corrected chi connectivity index (χ1v) is 8.08. The average molecular weight is 433 g/mol. The lowest BCUT2D eigenvalue weighted by molar-refractivity contribution is 0.102. The number of nitrogens with one attached hydrogen (secondary N) is 1. The van der Waals surface area contributed by atoms with E-state index in [-0.39, 0.29) is 5.91 Å². The Morgan fingerprint density at radius 3 is 2.38 bits per heavy atom. The number of amides is 1. The van der Waals surface area contributed by atoms with E-state index in [1.165, 1.54) is 0 Å². The van der Waals surface area contributed by atoms with Gasteiger partial charge >= 0.3 is 0 Å². The zero-order valence-electron chi connectivity index (χ0n) is 11.5. The van der Waals surface area contributed by atoms with Gasteiger partial charge in [0.15, 0.2) is 0 Å².